The second-order valence-electron chi connectivity index (χ2n) is 8.50. The van der Waals surface area contributed by atoms with Gasteiger partial charge in [-0.1, -0.05) is 37.5 Å². The van der Waals surface area contributed by atoms with Crippen molar-refractivity contribution in [2.24, 2.45) is 0 Å². The van der Waals surface area contributed by atoms with Crippen LogP contribution in [0.5, 0.6) is 0 Å². The van der Waals surface area contributed by atoms with E-state index in [9.17, 15) is 9.18 Å². The molecule has 3 heterocycles. The fourth-order valence-electron chi connectivity index (χ4n) is 4.90. The molecule has 1 aromatic carbocycles. The Hall–Kier alpha value is -3.07. The third-order valence-electron chi connectivity index (χ3n) is 6.58. The van der Waals surface area contributed by atoms with Gasteiger partial charge in [-0.2, -0.15) is 0 Å². The third-order valence-corrected chi connectivity index (χ3v) is 6.58. The Morgan fingerprint density at radius 2 is 1.81 bits per heavy atom. The van der Waals surface area contributed by atoms with Crippen molar-refractivity contribution in [2.75, 3.05) is 26.2 Å². The molecule has 1 amide bonds. The summed E-state index contributed by atoms with van der Waals surface area (Å²) in [5, 5.41) is 12.7. The minimum absolute atomic E-state index is 0.121. The molecule has 0 spiro atoms. The summed E-state index contributed by atoms with van der Waals surface area (Å²) in [6.07, 6.45) is 7.11. The number of nitrogens with zero attached hydrogens (tertiary/aromatic N) is 6. The lowest BCUT2D eigenvalue weighted by Crippen LogP contribution is -2.50. The molecule has 0 N–H and O–H groups in total. The van der Waals surface area contributed by atoms with Crippen LogP contribution in [0.4, 0.5) is 4.39 Å². The van der Waals surface area contributed by atoms with Gasteiger partial charge in [-0.15, -0.1) is 5.10 Å². The van der Waals surface area contributed by atoms with Gasteiger partial charge in [0.05, 0.1) is 12.3 Å². The molecule has 2 aliphatic rings. The molecule has 3 aromatic rings. The number of amides is 1. The summed E-state index contributed by atoms with van der Waals surface area (Å²) in [5.74, 6) is 0.618. The van der Waals surface area contributed by atoms with E-state index in [1.54, 1.807) is 29.2 Å². The maximum atomic E-state index is 15.0. The van der Waals surface area contributed by atoms with Crippen LogP contribution in [0.3, 0.4) is 0 Å². The van der Waals surface area contributed by atoms with Gasteiger partial charge >= 0.3 is 0 Å². The van der Waals surface area contributed by atoms with Crippen molar-refractivity contribution in [3.63, 3.8) is 0 Å². The van der Waals surface area contributed by atoms with Gasteiger partial charge < -0.3 is 9.32 Å². The predicted octanol–water partition coefficient (Wildman–Crippen LogP) is 3.46. The fraction of sp³-hybridized carbons (Fsp3) is 0.478. The largest absolute Gasteiger partial charge is 0.459 e. The SMILES string of the molecule is O=C(c1ccco1)N1CCN(C(c2ccccc2F)c2nnnn2C2CCCCC2)CC1. The first kappa shape index (κ1) is 20.8. The van der Waals surface area contributed by atoms with Gasteiger partial charge in [0.15, 0.2) is 11.6 Å². The molecule has 32 heavy (non-hydrogen) atoms. The lowest BCUT2D eigenvalue weighted by Gasteiger charge is -2.39. The maximum Gasteiger partial charge on any atom is 0.289 e. The van der Waals surface area contributed by atoms with E-state index < -0.39 is 6.04 Å². The summed E-state index contributed by atoms with van der Waals surface area (Å²) >= 11 is 0. The molecule has 1 aliphatic carbocycles. The molecular formula is C23H27FN6O2. The number of piperazine rings is 1. The molecule has 1 atom stereocenters. The molecule has 1 unspecified atom stereocenters. The van der Waals surface area contributed by atoms with E-state index in [-0.39, 0.29) is 17.8 Å². The Morgan fingerprint density at radius 3 is 2.53 bits per heavy atom. The summed E-state index contributed by atoms with van der Waals surface area (Å²) in [4.78, 5) is 16.6. The number of rotatable bonds is 5. The lowest BCUT2D eigenvalue weighted by molar-refractivity contribution is 0.0554. The minimum Gasteiger partial charge on any atom is -0.459 e. The van der Waals surface area contributed by atoms with E-state index in [0.717, 1.165) is 25.7 Å². The van der Waals surface area contributed by atoms with Crippen LogP contribution < -0.4 is 0 Å². The number of carbonyl (C=O) groups excluding carboxylic acids is 1. The Bertz CT molecular complexity index is 1040. The van der Waals surface area contributed by atoms with Crippen LogP contribution in [-0.4, -0.2) is 62.1 Å². The van der Waals surface area contributed by atoms with E-state index in [2.05, 4.69) is 20.4 Å². The first-order valence-corrected chi connectivity index (χ1v) is 11.3. The third kappa shape index (κ3) is 4.04. The second-order valence-corrected chi connectivity index (χ2v) is 8.50. The predicted molar refractivity (Wildman–Crippen MR) is 114 cm³/mol. The smallest absolute Gasteiger partial charge is 0.289 e. The van der Waals surface area contributed by atoms with Gasteiger partial charge in [0.1, 0.15) is 11.9 Å². The number of hydrogen-bond donors (Lipinski definition) is 0. The minimum atomic E-state index is -0.408. The highest BCUT2D eigenvalue weighted by molar-refractivity contribution is 5.91. The van der Waals surface area contributed by atoms with Crippen molar-refractivity contribution in [1.29, 1.82) is 0 Å². The van der Waals surface area contributed by atoms with E-state index in [1.165, 1.54) is 18.8 Å². The summed E-state index contributed by atoms with van der Waals surface area (Å²) < 4.78 is 22.1. The highest BCUT2D eigenvalue weighted by Crippen LogP contribution is 2.34. The fourth-order valence-corrected chi connectivity index (χ4v) is 4.90. The number of tetrazole rings is 1. The molecule has 8 nitrogen and oxygen atoms in total. The van der Waals surface area contributed by atoms with Crippen molar-refractivity contribution < 1.29 is 13.6 Å². The Kier molecular flexibility index (Phi) is 5.98. The van der Waals surface area contributed by atoms with Crippen molar-refractivity contribution in [3.05, 3.63) is 65.6 Å². The summed E-state index contributed by atoms with van der Waals surface area (Å²) in [6, 6.07) is 10.0. The molecular weight excluding hydrogens is 411 g/mol. The molecule has 0 radical (unpaired) electrons. The zero-order valence-corrected chi connectivity index (χ0v) is 17.9. The van der Waals surface area contributed by atoms with Gasteiger partial charge in [0.25, 0.3) is 5.91 Å². The van der Waals surface area contributed by atoms with Crippen LogP contribution in [0.15, 0.2) is 47.1 Å². The number of aromatic nitrogens is 4. The zero-order chi connectivity index (χ0) is 21.9. The zero-order valence-electron chi connectivity index (χ0n) is 17.9. The number of carbonyl (C=O) groups is 1. The highest BCUT2D eigenvalue weighted by atomic mass is 19.1. The molecule has 2 aromatic heterocycles. The van der Waals surface area contributed by atoms with Crippen LogP contribution in [0.2, 0.25) is 0 Å². The summed E-state index contributed by atoms with van der Waals surface area (Å²) in [7, 11) is 0. The molecule has 0 bridgehead atoms. The quantitative estimate of drug-likeness (QED) is 0.607. The Labute approximate surface area is 186 Å². The second kappa shape index (κ2) is 9.20. The molecule has 1 aliphatic heterocycles. The van der Waals surface area contributed by atoms with Crippen LogP contribution in [-0.2, 0) is 0 Å². The molecule has 1 saturated heterocycles. The van der Waals surface area contributed by atoms with Crippen molar-refractivity contribution in [2.45, 2.75) is 44.2 Å². The van der Waals surface area contributed by atoms with Crippen molar-refractivity contribution >= 4 is 5.91 Å². The Morgan fingerprint density at radius 1 is 1.03 bits per heavy atom. The number of benzene rings is 1. The van der Waals surface area contributed by atoms with Gasteiger partial charge in [0.2, 0.25) is 0 Å². The van der Waals surface area contributed by atoms with Crippen LogP contribution in [0.1, 0.15) is 66.1 Å². The van der Waals surface area contributed by atoms with E-state index in [0.29, 0.717) is 43.3 Å². The molecule has 9 heteroatoms. The average molecular weight is 439 g/mol. The van der Waals surface area contributed by atoms with Gasteiger partial charge in [-0.05, 0) is 41.5 Å². The summed E-state index contributed by atoms with van der Waals surface area (Å²) in [5.41, 5.74) is 0.560. The standard InChI is InChI=1S/C23H27FN6O2/c24-19-10-5-4-9-18(19)21(22-25-26-27-30(22)17-7-2-1-3-8-17)28-12-14-29(15-13-28)23(31)20-11-6-16-32-20/h4-6,9-11,16-17,21H,1-3,7-8,12-15H2. The first-order chi connectivity index (χ1) is 15.7. The number of halogens is 1. The number of furan rings is 1. The van der Waals surface area contributed by atoms with E-state index >= 15 is 0 Å². The summed E-state index contributed by atoms with van der Waals surface area (Å²) in [6.45, 7) is 2.22. The van der Waals surface area contributed by atoms with Crippen molar-refractivity contribution in [3.8, 4) is 0 Å². The lowest BCUT2D eigenvalue weighted by atomic mass is 9.95. The number of hydrogen-bond acceptors (Lipinski definition) is 6. The first-order valence-electron chi connectivity index (χ1n) is 11.3. The van der Waals surface area contributed by atoms with E-state index in [4.69, 9.17) is 4.42 Å². The van der Waals surface area contributed by atoms with Crippen LogP contribution in [0, 0.1) is 5.82 Å². The van der Waals surface area contributed by atoms with Crippen molar-refractivity contribution in [1.82, 2.24) is 30.0 Å². The molecule has 168 valence electrons. The monoisotopic (exact) mass is 438 g/mol. The van der Waals surface area contributed by atoms with Crippen LogP contribution in [0.25, 0.3) is 0 Å². The molecule has 2 fully saturated rings. The van der Waals surface area contributed by atoms with Crippen LogP contribution >= 0.6 is 0 Å². The molecule has 5 rings (SSSR count). The highest BCUT2D eigenvalue weighted by Gasteiger charge is 2.35. The maximum absolute atomic E-state index is 15.0. The normalized spacial score (nSPS) is 19.2. The van der Waals surface area contributed by atoms with E-state index in [1.807, 2.05) is 10.7 Å². The molecule has 1 saturated carbocycles. The van der Waals surface area contributed by atoms with Gasteiger partial charge in [0, 0.05) is 31.7 Å². The van der Waals surface area contributed by atoms with Gasteiger partial charge in [-0.3, -0.25) is 9.69 Å². The average Bonchev–Trinajstić information content (AvgIpc) is 3.54. The topological polar surface area (TPSA) is 80.3 Å². The Balaban J connectivity index is 1.42. The van der Waals surface area contributed by atoms with Gasteiger partial charge in [-0.25, -0.2) is 9.07 Å².